The maximum absolute atomic E-state index is 12.8. The SMILES string of the molecule is Nc1c(C=C2C=C(Cl)C(=O)C(Cl)=C2)c(=O)nc2sc(C(F)(F)F)nn12. The first kappa shape index (κ1) is 17.6. The molecule has 130 valence electrons. The van der Waals surface area contributed by atoms with E-state index >= 15 is 0 Å². The average Bonchev–Trinajstić information content (AvgIpc) is 2.93. The van der Waals surface area contributed by atoms with Crippen LogP contribution < -0.4 is 11.3 Å². The molecule has 0 unspecified atom stereocenters. The van der Waals surface area contributed by atoms with Gasteiger partial charge in [-0.1, -0.05) is 34.5 Å². The van der Waals surface area contributed by atoms with Gasteiger partial charge in [-0.15, -0.1) is 5.10 Å². The van der Waals surface area contributed by atoms with Crippen LogP contribution in [0.15, 0.2) is 32.6 Å². The van der Waals surface area contributed by atoms with Crippen molar-refractivity contribution in [2.24, 2.45) is 0 Å². The number of hydrogen-bond donors (Lipinski definition) is 1. The maximum atomic E-state index is 12.8. The molecule has 0 aliphatic heterocycles. The molecule has 0 atom stereocenters. The van der Waals surface area contributed by atoms with E-state index in [0.717, 1.165) is 4.52 Å². The quantitative estimate of drug-likeness (QED) is 0.782. The molecular formula is C13H5Cl2F3N4O2S. The second-order valence-corrected chi connectivity index (χ2v) is 6.54. The Labute approximate surface area is 150 Å². The first-order chi connectivity index (χ1) is 11.6. The van der Waals surface area contributed by atoms with Crippen LogP contribution >= 0.6 is 34.5 Å². The summed E-state index contributed by atoms with van der Waals surface area (Å²) in [6.45, 7) is 0. The summed E-state index contributed by atoms with van der Waals surface area (Å²) in [5, 5.41) is 1.79. The molecule has 0 saturated heterocycles. The molecule has 0 spiro atoms. The summed E-state index contributed by atoms with van der Waals surface area (Å²) in [6, 6.07) is 0. The molecule has 0 bridgehead atoms. The molecule has 0 amide bonds. The van der Waals surface area contributed by atoms with Crippen molar-refractivity contribution in [3.05, 3.63) is 48.7 Å². The Balaban J connectivity index is 2.20. The second kappa shape index (κ2) is 5.97. The second-order valence-electron chi connectivity index (χ2n) is 4.77. The molecule has 1 aliphatic rings. The Morgan fingerprint density at radius 1 is 1.20 bits per heavy atom. The number of nitrogens with zero attached hydrogens (tertiary/aromatic N) is 3. The molecule has 1 aliphatic carbocycles. The molecule has 25 heavy (non-hydrogen) atoms. The van der Waals surface area contributed by atoms with Gasteiger partial charge in [-0.25, -0.2) is 0 Å². The third-order valence-corrected chi connectivity index (χ3v) is 4.58. The van der Waals surface area contributed by atoms with Gasteiger partial charge in [0.15, 0.2) is 0 Å². The first-order valence-electron chi connectivity index (χ1n) is 6.35. The Kier molecular flexibility index (Phi) is 4.21. The monoisotopic (exact) mass is 408 g/mol. The van der Waals surface area contributed by atoms with Gasteiger partial charge in [-0.05, 0) is 23.8 Å². The van der Waals surface area contributed by atoms with E-state index in [2.05, 4.69) is 10.1 Å². The number of carbonyl (C=O) groups is 1. The van der Waals surface area contributed by atoms with Gasteiger partial charge in [0.05, 0.1) is 15.6 Å². The fourth-order valence-corrected chi connectivity index (χ4v) is 3.23. The molecule has 2 N–H and O–H groups in total. The third kappa shape index (κ3) is 3.20. The summed E-state index contributed by atoms with van der Waals surface area (Å²) in [5.74, 6) is -0.923. The van der Waals surface area contributed by atoms with Crippen LogP contribution in [0.5, 0.6) is 0 Å². The predicted octanol–water partition coefficient (Wildman–Crippen LogP) is 2.96. The number of alkyl halides is 3. The molecule has 0 radical (unpaired) electrons. The van der Waals surface area contributed by atoms with Crippen molar-refractivity contribution in [3.8, 4) is 0 Å². The van der Waals surface area contributed by atoms with Crippen molar-refractivity contribution in [2.45, 2.75) is 6.18 Å². The number of rotatable bonds is 1. The normalized spacial score (nSPS) is 15.4. The van der Waals surface area contributed by atoms with Crippen LogP contribution in [-0.2, 0) is 11.0 Å². The highest BCUT2D eigenvalue weighted by Crippen LogP contribution is 2.33. The molecule has 0 aromatic carbocycles. The number of carbonyl (C=O) groups excluding carboxylic acids is 1. The van der Waals surface area contributed by atoms with Crippen molar-refractivity contribution in [2.75, 3.05) is 5.73 Å². The van der Waals surface area contributed by atoms with Gasteiger partial charge in [0.1, 0.15) is 5.82 Å². The van der Waals surface area contributed by atoms with Crippen molar-refractivity contribution in [3.63, 3.8) is 0 Å². The number of nitrogens with two attached hydrogens (primary N) is 1. The van der Waals surface area contributed by atoms with Gasteiger partial charge in [0.2, 0.25) is 15.8 Å². The van der Waals surface area contributed by atoms with Gasteiger partial charge in [-0.2, -0.15) is 22.7 Å². The molecule has 6 nitrogen and oxygen atoms in total. The number of hydrogen-bond acceptors (Lipinski definition) is 6. The molecular weight excluding hydrogens is 404 g/mol. The van der Waals surface area contributed by atoms with E-state index in [1.54, 1.807) is 0 Å². The summed E-state index contributed by atoms with van der Waals surface area (Å²) < 4.78 is 39.0. The number of fused-ring (bicyclic) bond motifs is 1. The van der Waals surface area contributed by atoms with Crippen molar-refractivity contribution < 1.29 is 18.0 Å². The molecule has 0 fully saturated rings. The van der Waals surface area contributed by atoms with Crippen LogP contribution in [0.25, 0.3) is 11.0 Å². The standard InChI is InChI=1S/C13H5Cl2F3N4O2S/c14-6-2-4(3-7(15)8(6)23)1-5-9(19)22-12(20-10(5)24)25-11(21-22)13(16,17)18/h1-3H,19H2. The van der Waals surface area contributed by atoms with E-state index in [4.69, 9.17) is 28.9 Å². The summed E-state index contributed by atoms with van der Waals surface area (Å²) in [4.78, 5) is 26.8. The lowest BCUT2D eigenvalue weighted by atomic mass is 10.1. The van der Waals surface area contributed by atoms with Crippen molar-refractivity contribution >= 4 is 57.2 Å². The van der Waals surface area contributed by atoms with Crippen LogP contribution in [-0.4, -0.2) is 20.4 Å². The van der Waals surface area contributed by atoms with Crippen molar-refractivity contribution in [1.82, 2.24) is 14.6 Å². The molecule has 0 saturated carbocycles. The maximum Gasteiger partial charge on any atom is 0.445 e. The number of halogens is 5. The van der Waals surface area contributed by atoms with E-state index in [1.165, 1.54) is 18.2 Å². The number of allylic oxidation sites excluding steroid dienone is 5. The fraction of sp³-hybridized carbons (Fsp3) is 0.0769. The van der Waals surface area contributed by atoms with E-state index in [0.29, 0.717) is 0 Å². The molecule has 2 aromatic heterocycles. The highest BCUT2D eigenvalue weighted by atomic mass is 35.5. The van der Waals surface area contributed by atoms with Crippen LogP contribution in [0.2, 0.25) is 0 Å². The zero-order chi connectivity index (χ0) is 18.5. The highest BCUT2D eigenvalue weighted by Gasteiger charge is 2.36. The number of aromatic nitrogens is 3. The lowest BCUT2D eigenvalue weighted by Gasteiger charge is -2.07. The topological polar surface area (TPSA) is 90.4 Å². The van der Waals surface area contributed by atoms with E-state index in [-0.39, 0.29) is 43.3 Å². The average molecular weight is 409 g/mol. The van der Waals surface area contributed by atoms with E-state index in [1.807, 2.05) is 0 Å². The fourth-order valence-electron chi connectivity index (χ4n) is 1.96. The zero-order valence-corrected chi connectivity index (χ0v) is 14.1. The van der Waals surface area contributed by atoms with E-state index in [9.17, 15) is 22.8 Å². The molecule has 12 heteroatoms. The Hall–Kier alpha value is -2.17. The summed E-state index contributed by atoms with van der Waals surface area (Å²) in [5.41, 5.74) is 4.97. The third-order valence-electron chi connectivity index (χ3n) is 3.07. The summed E-state index contributed by atoms with van der Waals surface area (Å²) in [6.07, 6.45) is -0.999. The predicted molar refractivity (Wildman–Crippen MR) is 87.4 cm³/mol. The zero-order valence-electron chi connectivity index (χ0n) is 11.8. The Bertz CT molecular complexity index is 1040. The Morgan fingerprint density at radius 2 is 1.80 bits per heavy atom. The van der Waals surface area contributed by atoms with Crippen LogP contribution in [0.3, 0.4) is 0 Å². The van der Waals surface area contributed by atoms with Gasteiger partial charge in [-0.3, -0.25) is 9.59 Å². The number of Topliss-reactive ketones (excluding diaryl/α,β-unsaturated/α-hetero) is 1. The largest absolute Gasteiger partial charge is 0.445 e. The number of ketones is 1. The number of nitrogen functional groups attached to an aromatic ring is 1. The van der Waals surface area contributed by atoms with Gasteiger partial charge in [0, 0.05) is 0 Å². The minimum absolute atomic E-state index is 0.181. The molecule has 3 rings (SSSR count). The van der Waals surface area contributed by atoms with Crippen LogP contribution in [0.4, 0.5) is 19.0 Å². The highest BCUT2D eigenvalue weighted by molar-refractivity contribution is 7.16. The Morgan fingerprint density at radius 3 is 2.36 bits per heavy atom. The first-order valence-corrected chi connectivity index (χ1v) is 7.92. The summed E-state index contributed by atoms with van der Waals surface area (Å²) >= 11 is 11.7. The van der Waals surface area contributed by atoms with Crippen LogP contribution in [0, 0.1) is 0 Å². The van der Waals surface area contributed by atoms with Crippen molar-refractivity contribution in [1.29, 1.82) is 0 Å². The minimum Gasteiger partial charge on any atom is -0.383 e. The summed E-state index contributed by atoms with van der Waals surface area (Å²) in [7, 11) is 0. The lowest BCUT2D eigenvalue weighted by molar-refractivity contribution is -0.138. The van der Waals surface area contributed by atoms with Gasteiger partial charge in [0.25, 0.3) is 5.56 Å². The minimum atomic E-state index is -4.69. The van der Waals surface area contributed by atoms with E-state index < -0.39 is 22.5 Å². The number of anilines is 1. The lowest BCUT2D eigenvalue weighted by Crippen LogP contribution is -2.17. The molecule has 2 heterocycles. The van der Waals surface area contributed by atoms with Gasteiger partial charge < -0.3 is 5.73 Å². The molecule has 2 aromatic rings. The smallest absolute Gasteiger partial charge is 0.383 e. The van der Waals surface area contributed by atoms with Crippen LogP contribution in [0.1, 0.15) is 10.6 Å². The van der Waals surface area contributed by atoms with Gasteiger partial charge >= 0.3 is 6.18 Å².